The van der Waals surface area contributed by atoms with Gasteiger partial charge in [0, 0.05) is 25.2 Å². The van der Waals surface area contributed by atoms with Crippen molar-refractivity contribution in [2.75, 3.05) is 5.75 Å². The van der Waals surface area contributed by atoms with Gasteiger partial charge in [-0.2, -0.15) is 5.10 Å². The summed E-state index contributed by atoms with van der Waals surface area (Å²) in [5.74, 6) is 0.832. The zero-order valence-electron chi connectivity index (χ0n) is 10.3. The molecule has 0 radical (unpaired) electrons. The van der Waals surface area contributed by atoms with Gasteiger partial charge >= 0.3 is 0 Å². The molecule has 0 aliphatic rings. The monoisotopic (exact) mass is 292 g/mol. The lowest BCUT2D eigenvalue weighted by Gasteiger charge is -2.06. The number of hydrogen-bond acceptors (Lipinski definition) is 5. The first-order chi connectivity index (χ1) is 9.25. The van der Waals surface area contributed by atoms with Crippen LogP contribution in [0.2, 0.25) is 0 Å². The third-order valence-corrected chi connectivity index (χ3v) is 4.59. The van der Waals surface area contributed by atoms with Crippen LogP contribution in [0.1, 0.15) is 0 Å². The second kappa shape index (κ2) is 5.18. The van der Waals surface area contributed by atoms with Crippen molar-refractivity contribution < 1.29 is 0 Å². The summed E-state index contributed by atoms with van der Waals surface area (Å²) in [6.07, 6.45) is 3.69. The second-order valence-corrected chi connectivity index (χ2v) is 5.97. The summed E-state index contributed by atoms with van der Waals surface area (Å²) < 4.78 is 3.48. The van der Waals surface area contributed by atoms with Crippen LogP contribution in [0.15, 0.2) is 39.9 Å². The molecule has 7 heteroatoms. The minimum atomic E-state index is 0.0211. The topological polar surface area (TPSA) is 52.7 Å². The Morgan fingerprint density at radius 1 is 1.47 bits per heavy atom. The van der Waals surface area contributed by atoms with Gasteiger partial charge in [-0.3, -0.25) is 14.0 Å². The molecule has 3 aromatic rings. The van der Waals surface area contributed by atoms with Crippen LogP contribution < -0.4 is 5.56 Å². The van der Waals surface area contributed by atoms with Gasteiger partial charge < -0.3 is 0 Å². The summed E-state index contributed by atoms with van der Waals surface area (Å²) >= 11 is 3.08. The SMILES string of the molecule is Cn1c(SCCn2cccn2)nc2sccc2c1=O. The van der Waals surface area contributed by atoms with E-state index in [9.17, 15) is 4.79 Å². The molecule has 98 valence electrons. The molecular formula is C12H12N4OS2. The van der Waals surface area contributed by atoms with Crippen LogP contribution in [0.5, 0.6) is 0 Å². The molecule has 19 heavy (non-hydrogen) atoms. The number of rotatable bonds is 4. The molecule has 0 bridgehead atoms. The third-order valence-electron chi connectivity index (χ3n) is 2.77. The molecule has 0 spiro atoms. The Labute approximate surface area is 117 Å². The van der Waals surface area contributed by atoms with Crippen molar-refractivity contribution in [2.24, 2.45) is 7.05 Å². The highest BCUT2D eigenvalue weighted by molar-refractivity contribution is 7.99. The molecule has 0 amide bonds. The highest BCUT2D eigenvalue weighted by Gasteiger charge is 2.09. The lowest BCUT2D eigenvalue weighted by molar-refractivity contribution is 0.663. The molecular weight excluding hydrogens is 280 g/mol. The normalized spacial score (nSPS) is 11.2. The minimum absolute atomic E-state index is 0.0211. The van der Waals surface area contributed by atoms with E-state index in [1.165, 1.54) is 11.3 Å². The van der Waals surface area contributed by atoms with E-state index in [0.717, 1.165) is 22.3 Å². The smallest absolute Gasteiger partial charge is 0.262 e. The van der Waals surface area contributed by atoms with Crippen LogP contribution >= 0.6 is 23.1 Å². The van der Waals surface area contributed by atoms with Gasteiger partial charge in [-0.25, -0.2) is 4.98 Å². The van der Waals surface area contributed by atoms with Crippen LogP contribution in [-0.2, 0) is 13.6 Å². The maximum Gasteiger partial charge on any atom is 0.262 e. The molecule has 3 rings (SSSR count). The molecule has 0 aromatic carbocycles. The summed E-state index contributed by atoms with van der Waals surface area (Å²) in [7, 11) is 1.77. The lowest BCUT2D eigenvalue weighted by Crippen LogP contribution is -2.19. The maximum atomic E-state index is 12.1. The molecule has 0 atom stereocenters. The number of thioether (sulfide) groups is 1. The minimum Gasteiger partial charge on any atom is -0.290 e. The van der Waals surface area contributed by atoms with Crippen LogP contribution in [-0.4, -0.2) is 25.1 Å². The third kappa shape index (κ3) is 2.43. The van der Waals surface area contributed by atoms with Crippen LogP contribution in [0.4, 0.5) is 0 Å². The van der Waals surface area contributed by atoms with Gasteiger partial charge in [0.05, 0.1) is 11.9 Å². The van der Waals surface area contributed by atoms with E-state index in [4.69, 9.17) is 0 Å². The molecule has 0 saturated carbocycles. The Bertz CT molecular complexity index is 745. The van der Waals surface area contributed by atoms with E-state index >= 15 is 0 Å². The molecule has 3 heterocycles. The van der Waals surface area contributed by atoms with E-state index in [-0.39, 0.29) is 5.56 Å². The molecule has 0 aliphatic carbocycles. The quantitative estimate of drug-likeness (QED) is 0.545. The van der Waals surface area contributed by atoms with E-state index in [1.807, 2.05) is 28.4 Å². The highest BCUT2D eigenvalue weighted by Crippen LogP contribution is 2.20. The number of fused-ring (bicyclic) bond motifs is 1. The van der Waals surface area contributed by atoms with Crippen LogP contribution in [0.25, 0.3) is 10.2 Å². The highest BCUT2D eigenvalue weighted by atomic mass is 32.2. The maximum absolute atomic E-state index is 12.1. The Kier molecular flexibility index (Phi) is 3.39. The molecule has 3 aromatic heterocycles. The zero-order chi connectivity index (χ0) is 13.2. The first kappa shape index (κ1) is 12.4. The Morgan fingerprint density at radius 3 is 3.16 bits per heavy atom. The summed E-state index contributed by atoms with van der Waals surface area (Å²) in [5.41, 5.74) is 0.0211. The zero-order valence-corrected chi connectivity index (χ0v) is 11.9. The van der Waals surface area contributed by atoms with Crippen molar-refractivity contribution in [1.29, 1.82) is 0 Å². The van der Waals surface area contributed by atoms with Crippen molar-refractivity contribution >= 4 is 33.3 Å². The van der Waals surface area contributed by atoms with Gasteiger partial charge in [-0.1, -0.05) is 11.8 Å². The van der Waals surface area contributed by atoms with Crippen molar-refractivity contribution in [3.63, 3.8) is 0 Å². The number of nitrogens with zero attached hydrogens (tertiary/aromatic N) is 4. The standard InChI is InChI=1S/C12H12N4OS2/c1-15-11(17)9-3-7-18-10(9)14-12(15)19-8-6-16-5-2-4-13-16/h2-5,7H,6,8H2,1H3. The Morgan fingerprint density at radius 2 is 2.37 bits per heavy atom. The fourth-order valence-electron chi connectivity index (χ4n) is 1.77. The van der Waals surface area contributed by atoms with Gasteiger partial charge in [0.1, 0.15) is 4.83 Å². The van der Waals surface area contributed by atoms with E-state index < -0.39 is 0 Å². The average Bonchev–Trinajstić information content (AvgIpc) is 3.06. The van der Waals surface area contributed by atoms with E-state index in [2.05, 4.69) is 10.1 Å². The number of aromatic nitrogens is 4. The van der Waals surface area contributed by atoms with Gasteiger partial charge in [0.2, 0.25) is 0 Å². The fourth-order valence-corrected chi connectivity index (χ4v) is 3.48. The fraction of sp³-hybridized carbons (Fsp3) is 0.250. The van der Waals surface area contributed by atoms with Crippen LogP contribution in [0, 0.1) is 0 Å². The van der Waals surface area contributed by atoms with E-state index in [1.54, 1.807) is 29.6 Å². The molecule has 0 saturated heterocycles. The number of thiophene rings is 1. The summed E-state index contributed by atoms with van der Waals surface area (Å²) in [6, 6.07) is 3.73. The van der Waals surface area contributed by atoms with Crippen molar-refractivity contribution in [3.8, 4) is 0 Å². The Balaban J connectivity index is 1.80. The van der Waals surface area contributed by atoms with Gasteiger partial charge in [-0.15, -0.1) is 11.3 Å². The second-order valence-electron chi connectivity index (χ2n) is 4.02. The Hall–Kier alpha value is -1.60. The number of aryl methyl sites for hydroxylation is 1. The van der Waals surface area contributed by atoms with E-state index in [0.29, 0.717) is 5.39 Å². The number of hydrogen-bond donors (Lipinski definition) is 0. The van der Waals surface area contributed by atoms with Crippen molar-refractivity contribution in [2.45, 2.75) is 11.7 Å². The molecule has 0 unspecified atom stereocenters. The predicted molar refractivity (Wildman–Crippen MR) is 77.8 cm³/mol. The van der Waals surface area contributed by atoms with Gasteiger partial charge in [0.25, 0.3) is 5.56 Å². The summed E-state index contributed by atoms with van der Waals surface area (Å²) in [4.78, 5) is 17.4. The van der Waals surface area contributed by atoms with Crippen LogP contribution in [0.3, 0.4) is 0 Å². The van der Waals surface area contributed by atoms with Gasteiger partial charge in [-0.05, 0) is 17.5 Å². The van der Waals surface area contributed by atoms with Crippen molar-refractivity contribution in [1.82, 2.24) is 19.3 Å². The first-order valence-electron chi connectivity index (χ1n) is 5.80. The predicted octanol–water partition coefficient (Wildman–Crippen LogP) is 1.98. The molecule has 5 nitrogen and oxygen atoms in total. The largest absolute Gasteiger partial charge is 0.290 e. The molecule has 0 N–H and O–H groups in total. The van der Waals surface area contributed by atoms with Crippen molar-refractivity contribution in [3.05, 3.63) is 40.3 Å². The summed E-state index contributed by atoms with van der Waals surface area (Å²) in [5, 5.41) is 7.50. The first-order valence-corrected chi connectivity index (χ1v) is 7.66. The average molecular weight is 292 g/mol. The summed E-state index contributed by atoms with van der Waals surface area (Å²) in [6.45, 7) is 0.802. The van der Waals surface area contributed by atoms with Gasteiger partial charge in [0.15, 0.2) is 5.16 Å². The lowest BCUT2D eigenvalue weighted by atomic mass is 10.4. The molecule has 0 fully saturated rings. The molecule has 0 aliphatic heterocycles.